The highest BCUT2D eigenvalue weighted by molar-refractivity contribution is 7.99. The molecule has 1 amide bonds. The Bertz CT molecular complexity index is 1540. The van der Waals surface area contributed by atoms with E-state index in [4.69, 9.17) is 14.7 Å². The molecule has 0 unspecified atom stereocenters. The lowest BCUT2D eigenvalue weighted by molar-refractivity contribution is -0.118. The molecule has 0 saturated carbocycles. The number of hydrogen-bond acceptors (Lipinski definition) is 6. The van der Waals surface area contributed by atoms with Gasteiger partial charge in [0.25, 0.3) is 0 Å². The zero-order valence-electron chi connectivity index (χ0n) is 19.9. The molecule has 8 heteroatoms. The maximum absolute atomic E-state index is 12.9. The van der Waals surface area contributed by atoms with E-state index in [-0.39, 0.29) is 11.7 Å². The number of imidazole rings is 1. The molecule has 5 aromatic rings. The lowest BCUT2D eigenvalue weighted by Crippen LogP contribution is -2.36. The van der Waals surface area contributed by atoms with Gasteiger partial charge in [-0.25, -0.2) is 9.97 Å². The Morgan fingerprint density at radius 1 is 0.889 bits per heavy atom. The van der Waals surface area contributed by atoms with E-state index in [0.717, 1.165) is 71.2 Å². The van der Waals surface area contributed by atoms with Crippen LogP contribution in [0.1, 0.15) is 11.1 Å². The molecule has 6 rings (SSSR count). The first-order valence-electron chi connectivity index (χ1n) is 12.2. The highest BCUT2D eigenvalue weighted by Crippen LogP contribution is 2.28. The lowest BCUT2D eigenvalue weighted by Gasteiger charge is -2.27. The lowest BCUT2D eigenvalue weighted by atomic mass is 10.1. The van der Waals surface area contributed by atoms with Crippen molar-refractivity contribution in [3.63, 3.8) is 0 Å². The predicted molar refractivity (Wildman–Crippen MR) is 143 cm³/mol. The second kappa shape index (κ2) is 10.3. The number of aromatic nitrogens is 3. The number of fused-ring (bicyclic) bond motifs is 5. The quantitative estimate of drug-likeness (QED) is 0.267. The largest absolute Gasteiger partial charge is 0.379 e. The molecule has 0 radical (unpaired) electrons. The van der Waals surface area contributed by atoms with Gasteiger partial charge in [0, 0.05) is 31.6 Å². The molecule has 1 fully saturated rings. The fourth-order valence-corrected chi connectivity index (χ4v) is 5.51. The number of hydrogen-bond donors (Lipinski definition) is 1. The number of ether oxygens (including phenoxy) is 1. The van der Waals surface area contributed by atoms with Gasteiger partial charge in [-0.15, -0.1) is 0 Å². The third-order valence-electron chi connectivity index (χ3n) is 6.54. The van der Waals surface area contributed by atoms with E-state index in [0.29, 0.717) is 6.54 Å². The van der Waals surface area contributed by atoms with E-state index < -0.39 is 0 Å². The summed E-state index contributed by atoms with van der Waals surface area (Å²) in [5.74, 6) is 0.257. The molecule has 182 valence electrons. The molecule has 0 bridgehead atoms. The third-order valence-corrected chi connectivity index (χ3v) is 7.48. The van der Waals surface area contributed by atoms with Gasteiger partial charge in [0.1, 0.15) is 5.65 Å². The molecule has 3 heterocycles. The highest BCUT2D eigenvalue weighted by Gasteiger charge is 2.16. The van der Waals surface area contributed by atoms with Crippen LogP contribution in [0.5, 0.6) is 0 Å². The van der Waals surface area contributed by atoms with E-state index in [1.165, 1.54) is 17.3 Å². The number of benzene rings is 3. The summed E-state index contributed by atoms with van der Waals surface area (Å²) in [6, 6.07) is 24.4. The summed E-state index contributed by atoms with van der Waals surface area (Å²) in [4.78, 5) is 25.0. The molecule has 2 aromatic heterocycles. The number of carbonyl (C=O) groups is 1. The number of carbonyl (C=O) groups excluding carboxylic acids is 1. The molecular weight excluding hydrogens is 470 g/mol. The molecule has 1 saturated heterocycles. The van der Waals surface area contributed by atoms with Crippen molar-refractivity contribution in [3.05, 3.63) is 83.9 Å². The van der Waals surface area contributed by atoms with Gasteiger partial charge < -0.3 is 10.1 Å². The summed E-state index contributed by atoms with van der Waals surface area (Å²) in [7, 11) is 0. The standard InChI is InChI=1S/C28H27N5O2S/c34-26(29-17-20-7-1-2-8-21(20)18-32-13-15-35-16-14-32)19-36-28-31-23-10-4-3-9-22(23)27-30-24-11-5-6-12-25(24)33(27)28/h1-12H,13-19H2,(H,29,34). The monoisotopic (exact) mass is 497 g/mol. The van der Waals surface area contributed by atoms with Crippen LogP contribution < -0.4 is 5.32 Å². The minimum atomic E-state index is -0.0197. The fourth-order valence-electron chi connectivity index (χ4n) is 4.67. The molecule has 0 aliphatic carbocycles. The van der Waals surface area contributed by atoms with Crippen molar-refractivity contribution in [1.29, 1.82) is 0 Å². The van der Waals surface area contributed by atoms with Crippen LogP contribution in [0.2, 0.25) is 0 Å². The number of nitrogens with one attached hydrogen (secondary N) is 1. The van der Waals surface area contributed by atoms with Crippen LogP contribution in [0.15, 0.2) is 78.0 Å². The normalized spacial score (nSPS) is 14.6. The Labute approximate surface area is 213 Å². The summed E-state index contributed by atoms with van der Waals surface area (Å²) in [5, 5.41) is 4.87. The van der Waals surface area contributed by atoms with Crippen molar-refractivity contribution >= 4 is 45.3 Å². The van der Waals surface area contributed by atoms with E-state index in [2.05, 4.69) is 32.8 Å². The summed E-state index contributed by atoms with van der Waals surface area (Å²) >= 11 is 1.44. The second-order valence-corrected chi connectivity index (χ2v) is 9.84. The molecule has 3 aromatic carbocycles. The number of rotatable bonds is 7. The molecule has 1 N–H and O–H groups in total. The average molecular weight is 498 g/mol. The van der Waals surface area contributed by atoms with Crippen molar-refractivity contribution in [2.24, 2.45) is 0 Å². The van der Waals surface area contributed by atoms with Gasteiger partial charge in [-0.1, -0.05) is 60.3 Å². The molecule has 36 heavy (non-hydrogen) atoms. The maximum atomic E-state index is 12.9. The third kappa shape index (κ3) is 4.67. The summed E-state index contributed by atoms with van der Waals surface area (Å²) in [5.41, 5.74) is 6.04. The van der Waals surface area contributed by atoms with Crippen molar-refractivity contribution in [1.82, 2.24) is 24.6 Å². The zero-order valence-corrected chi connectivity index (χ0v) is 20.7. The van der Waals surface area contributed by atoms with Gasteiger partial charge in [-0.2, -0.15) is 0 Å². The van der Waals surface area contributed by atoms with Gasteiger partial charge in [-0.05, 0) is 35.4 Å². The topological polar surface area (TPSA) is 71.8 Å². The predicted octanol–water partition coefficient (Wildman–Crippen LogP) is 4.28. The molecule has 1 aliphatic rings. The molecule has 0 atom stereocenters. The Morgan fingerprint density at radius 2 is 1.61 bits per heavy atom. The minimum absolute atomic E-state index is 0.0197. The van der Waals surface area contributed by atoms with Crippen molar-refractivity contribution < 1.29 is 9.53 Å². The number of nitrogens with zero attached hydrogens (tertiary/aromatic N) is 4. The van der Waals surface area contributed by atoms with Gasteiger partial charge >= 0.3 is 0 Å². The SMILES string of the molecule is O=C(CSc1nc2ccccc2c2nc3ccccc3n12)NCc1ccccc1CN1CCOCC1. The summed E-state index contributed by atoms with van der Waals surface area (Å²) < 4.78 is 7.53. The van der Waals surface area contributed by atoms with Crippen LogP contribution in [0.25, 0.3) is 27.6 Å². The van der Waals surface area contributed by atoms with Gasteiger partial charge in [0.05, 0.1) is 35.5 Å². The van der Waals surface area contributed by atoms with E-state index in [1.807, 2.05) is 54.6 Å². The van der Waals surface area contributed by atoms with E-state index in [1.54, 1.807) is 0 Å². The van der Waals surface area contributed by atoms with Crippen LogP contribution in [0, 0.1) is 0 Å². The summed E-state index contributed by atoms with van der Waals surface area (Å²) in [6.45, 7) is 4.81. The van der Waals surface area contributed by atoms with Crippen LogP contribution in [0.3, 0.4) is 0 Å². The van der Waals surface area contributed by atoms with Crippen molar-refractivity contribution in [2.45, 2.75) is 18.2 Å². The molecule has 0 spiro atoms. The van der Waals surface area contributed by atoms with Gasteiger partial charge in [0.15, 0.2) is 5.16 Å². The Balaban J connectivity index is 1.18. The van der Waals surface area contributed by atoms with Crippen molar-refractivity contribution in [2.75, 3.05) is 32.1 Å². The molecular formula is C28H27N5O2S. The number of amides is 1. The van der Waals surface area contributed by atoms with Crippen LogP contribution in [-0.2, 0) is 22.6 Å². The van der Waals surface area contributed by atoms with E-state index >= 15 is 0 Å². The number of thioether (sulfide) groups is 1. The Morgan fingerprint density at radius 3 is 2.47 bits per heavy atom. The average Bonchev–Trinajstić information content (AvgIpc) is 3.32. The Kier molecular flexibility index (Phi) is 6.55. The van der Waals surface area contributed by atoms with Crippen LogP contribution in [0.4, 0.5) is 0 Å². The minimum Gasteiger partial charge on any atom is -0.379 e. The number of para-hydroxylation sites is 3. The second-order valence-electron chi connectivity index (χ2n) is 8.89. The number of morpholine rings is 1. The molecule has 1 aliphatic heterocycles. The van der Waals surface area contributed by atoms with E-state index in [9.17, 15) is 4.79 Å². The first-order chi connectivity index (χ1) is 17.8. The van der Waals surface area contributed by atoms with Crippen LogP contribution in [-0.4, -0.2) is 57.2 Å². The fraction of sp³-hybridized carbons (Fsp3) is 0.250. The van der Waals surface area contributed by atoms with Gasteiger partial charge in [-0.3, -0.25) is 14.1 Å². The summed E-state index contributed by atoms with van der Waals surface area (Å²) in [6.07, 6.45) is 0. The molecule has 7 nitrogen and oxygen atoms in total. The first kappa shape index (κ1) is 23.0. The smallest absolute Gasteiger partial charge is 0.230 e. The maximum Gasteiger partial charge on any atom is 0.230 e. The van der Waals surface area contributed by atoms with Crippen molar-refractivity contribution in [3.8, 4) is 0 Å². The van der Waals surface area contributed by atoms with Gasteiger partial charge in [0.2, 0.25) is 5.91 Å². The van der Waals surface area contributed by atoms with Crippen LogP contribution >= 0.6 is 11.8 Å². The Hall–Kier alpha value is -3.46. The first-order valence-corrected chi connectivity index (χ1v) is 13.2. The zero-order chi connectivity index (χ0) is 24.3. The highest BCUT2D eigenvalue weighted by atomic mass is 32.2.